The molecule has 4 nitrogen and oxygen atoms in total. The van der Waals surface area contributed by atoms with Crippen LogP contribution in [0, 0.1) is 5.92 Å². The first-order valence-electron chi connectivity index (χ1n) is 7.30. The molecule has 0 aliphatic rings. The minimum Gasteiger partial charge on any atom is -0.481 e. The van der Waals surface area contributed by atoms with E-state index in [-0.39, 0.29) is 11.9 Å². The molecule has 1 rings (SSSR count). The van der Waals surface area contributed by atoms with Gasteiger partial charge in [0.05, 0.1) is 0 Å². The average molecular weight is 313 g/mol. The molecule has 0 aliphatic carbocycles. The second-order valence-electron chi connectivity index (χ2n) is 5.70. The van der Waals surface area contributed by atoms with Crippen LogP contribution < -0.4 is 15.8 Å². The second kappa shape index (κ2) is 8.25. The van der Waals surface area contributed by atoms with Crippen molar-refractivity contribution < 1.29 is 9.53 Å². The summed E-state index contributed by atoms with van der Waals surface area (Å²) in [4.78, 5) is 12.0. The Morgan fingerprint density at radius 2 is 2.00 bits per heavy atom. The van der Waals surface area contributed by atoms with Crippen molar-refractivity contribution in [1.29, 1.82) is 0 Å². The number of ether oxygens (including phenoxy) is 1. The van der Waals surface area contributed by atoms with Crippen LogP contribution in [0.5, 0.6) is 5.75 Å². The molecule has 3 N–H and O–H groups in total. The average Bonchev–Trinajstić information content (AvgIpc) is 2.39. The summed E-state index contributed by atoms with van der Waals surface area (Å²) in [5.74, 6) is 1.03. The van der Waals surface area contributed by atoms with Crippen LogP contribution in [0.3, 0.4) is 0 Å². The third kappa shape index (κ3) is 5.94. The van der Waals surface area contributed by atoms with Gasteiger partial charge in [0, 0.05) is 23.2 Å². The Balaban J connectivity index is 2.65. The third-order valence-electron chi connectivity index (χ3n) is 3.16. The number of halogens is 1. The Morgan fingerprint density at radius 1 is 1.33 bits per heavy atom. The number of hydrogen-bond donors (Lipinski definition) is 2. The van der Waals surface area contributed by atoms with E-state index in [1.807, 2.05) is 6.92 Å². The predicted molar refractivity (Wildman–Crippen MR) is 86.6 cm³/mol. The van der Waals surface area contributed by atoms with Gasteiger partial charge in [-0.15, -0.1) is 0 Å². The summed E-state index contributed by atoms with van der Waals surface area (Å²) in [6.45, 7) is 8.48. The van der Waals surface area contributed by atoms with Crippen LogP contribution in [-0.2, 0) is 4.79 Å². The summed E-state index contributed by atoms with van der Waals surface area (Å²) in [6.07, 6.45) is 0.376. The van der Waals surface area contributed by atoms with Gasteiger partial charge < -0.3 is 15.8 Å². The molecule has 0 radical (unpaired) electrons. The number of carbonyl (C=O) groups is 1. The quantitative estimate of drug-likeness (QED) is 0.812. The molecule has 1 amide bonds. The highest BCUT2D eigenvalue weighted by atomic mass is 35.5. The van der Waals surface area contributed by atoms with Crippen LogP contribution >= 0.6 is 11.6 Å². The zero-order chi connectivity index (χ0) is 16.0. The smallest absolute Gasteiger partial charge is 0.260 e. The van der Waals surface area contributed by atoms with Gasteiger partial charge in [-0.25, -0.2) is 0 Å². The number of hydrogen-bond acceptors (Lipinski definition) is 3. The summed E-state index contributed by atoms with van der Waals surface area (Å²) in [5, 5.41) is 3.47. The molecule has 0 bridgehead atoms. The van der Waals surface area contributed by atoms with Crippen LogP contribution in [0.15, 0.2) is 18.2 Å². The summed E-state index contributed by atoms with van der Waals surface area (Å²) >= 11 is 5.97. The van der Waals surface area contributed by atoms with Crippen molar-refractivity contribution >= 4 is 17.5 Å². The van der Waals surface area contributed by atoms with Gasteiger partial charge in [-0.2, -0.15) is 0 Å². The minimum absolute atomic E-state index is 0.124. The molecule has 0 heterocycles. The monoisotopic (exact) mass is 312 g/mol. The standard InChI is InChI=1S/C16H25ClN2O2/c1-10(2)7-8-19-16(20)12(4)21-15-6-5-13(17)9-14(15)11(3)18/h5-6,9-12H,7-8,18H2,1-4H3,(H,19,20)/t11-,12?/m0/s1. The maximum absolute atomic E-state index is 12.0. The molecule has 5 heteroatoms. The Bertz CT molecular complexity index is 475. The Labute approximate surface area is 132 Å². The lowest BCUT2D eigenvalue weighted by atomic mass is 10.1. The number of nitrogens with two attached hydrogens (primary N) is 1. The lowest BCUT2D eigenvalue weighted by molar-refractivity contribution is -0.127. The summed E-state index contributed by atoms with van der Waals surface area (Å²) in [5.41, 5.74) is 6.71. The maximum Gasteiger partial charge on any atom is 0.260 e. The van der Waals surface area contributed by atoms with E-state index in [1.165, 1.54) is 0 Å². The summed E-state index contributed by atoms with van der Waals surface area (Å²) < 4.78 is 5.73. The Kier molecular flexibility index (Phi) is 6.99. The van der Waals surface area contributed by atoms with Crippen molar-refractivity contribution in [2.75, 3.05) is 6.54 Å². The van der Waals surface area contributed by atoms with Gasteiger partial charge in [0.2, 0.25) is 0 Å². The van der Waals surface area contributed by atoms with Crippen LogP contribution in [0.25, 0.3) is 0 Å². The molecular formula is C16H25ClN2O2. The predicted octanol–water partition coefficient (Wildman–Crippen LogP) is 3.29. The Morgan fingerprint density at radius 3 is 2.57 bits per heavy atom. The zero-order valence-electron chi connectivity index (χ0n) is 13.2. The zero-order valence-corrected chi connectivity index (χ0v) is 13.9. The van der Waals surface area contributed by atoms with Crippen molar-refractivity contribution in [3.63, 3.8) is 0 Å². The van der Waals surface area contributed by atoms with E-state index in [1.54, 1.807) is 25.1 Å². The van der Waals surface area contributed by atoms with Crippen LogP contribution in [0.2, 0.25) is 5.02 Å². The van der Waals surface area contributed by atoms with Crippen molar-refractivity contribution in [2.45, 2.75) is 46.3 Å². The summed E-state index contributed by atoms with van der Waals surface area (Å²) in [7, 11) is 0. The first kappa shape index (κ1) is 17.8. The van der Waals surface area contributed by atoms with Crippen molar-refractivity contribution in [3.8, 4) is 5.75 Å². The highest BCUT2D eigenvalue weighted by Crippen LogP contribution is 2.28. The number of rotatable bonds is 7. The fourth-order valence-electron chi connectivity index (χ4n) is 1.85. The molecular weight excluding hydrogens is 288 g/mol. The molecule has 0 saturated heterocycles. The van der Waals surface area contributed by atoms with E-state index >= 15 is 0 Å². The number of benzene rings is 1. The fourth-order valence-corrected chi connectivity index (χ4v) is 2.03. The lowest BCUT2D eigenvalue weighted by Crippen LogP contribution is -2.37. The van der Waals surface area contributed by atoms with Crippen molar-refractivity contribution in [1.82, 2.24) is 5.32 Å². The topological polar surface area (TPSA) is 64.3 Å². The minimum atomic E-state index is -0.573. The first-order valence-corrected chi connectivity index (χ1v) is 7.68. The van der Waals surface area contributed by atoms with Crippen LogP contribution in [-0.4, -0.2) is 18.6 Å². The second-order valence-corrected chi connectivity index (χ2v) is 6.14. The van der Waals surface area contributed by atoms with Gasteiger partial charge >= 0.3 is 0 Å². The highest BCUT2D eigenvalue weighted by molar-refractivity contribution is 6.30. The third-order valence-corrected chi connectivity index (χ3v) is 3.39. The van der Waals surface area contributed by atoms with E-state index in [2.05, 4.69) is 19.2 Å². The highest BCUT2D eigenvalue weighted by Gasteiger charge is 2.17. The van der Waals surface area contributed by atoms with Gasteiger partial charge in [-0.1, -0.05) is 25.4 Å². The molecule has 118 valence electrons. The number of amides is 1. The van der Waals surface area contributed by atoms with Crippen LogP contribution in [0.1, 0.15) is 45.7 Å². The number of carbonyl (C=O) groups excluding carboxylic acids is 1. The van der Waals surface area contributed by atoms with Gasteiger partial charge in [0.15, 0.2) is 6.10 Å². The Hall–Kier alpha value is -1.26. The van der Waals surface area contributed by atoms with E-state index in [9.17, 15) is 4.79 Å². The number of nitrogens with one attached hydrogen (secondary N) is 1. The largest absolute Gasteiger partial charge is 0.481 e. The molecule has 0 aromatic heterocycles. The SMILES string of the molecule is CC(C)CCNC(=O)C(C)Oc1ccc(Cl)cc1[C@H](C)N. The van der Waals surface area contributed by atoms with Gasteiger partial charge in [-0.05, 0) is 44.4 Å². The molecule has 0 saturated carbocycles. The molecule has 2 atom stereocenters. The first-order chi connectivity index (χ1) is 9.81. The molecule has 1 aromatic carbocycles. The molecule has 1 unspecified atom stereocenters. The molecule has 0 spiro atoms. The summed E-state index contributed by atoms with van der Waals surface area (Å²) in [6, 6.07) is 5.03. The maximum atomic E-state index is 12.0. The lowest BCUT2D eigenvalue weighted by Gasteiger charge is -2.19. The van der Waals surface area contributed by atoms with E-state index < -0.39 is 6.10 Å². The fraction of sp³-hybridized carbons (Fsp3) is 0.562. The van der Waals surface area contributed by atoms with Gasteiger partial charge in [0.1, 0.15) is 5.75 Å². The van der Waals surface area contributed by atoms with Crippen LogP contribution in [0.4, 0.5) is 0 Å². The van der Waals surface area contributed by atoms with Crippen molar-refractivity contribution in [2.24, 2.45) is 11.7 Å². The van der Waals surface area contributed by atoms with Crippen molar-refractivity contribution in [3.05, 3.63) is 28.8 Å². The van der Waals surface area contributed by atoms with E-state index in [0.717, 1.165) is 12.0 Å². The van der Waals surface area contributed by atoms with E-state index in [4.69, 9.17) is 22.1 Å². The molecule has 0 fully saturated rings. The molecule has 21 heavy (non-hydrogen) atoms. The molecule has 1 aromatic rings. The normalized spacial score (nSPS) is 13.9. The van der Waals surface area contributed by atoms with Gasteiger partial charge in [-0.3, -0.25) is 4.79 Å². The van der Waals surface area contributed by atoms with Gasteiger partial charge in [0.25, 0.3) is 5.91 Å². The van der Waals surface area contributed by atoms with E-state index in [0.29, 0.717) is 23.2 Å². The molecule has 0 aliphatic heterocycles.